The largest absolute Gasteiger partial charge is 0.360 e. The van der Waals surface area contributed by atoms with Crippen molar-refractivity contribution in [2.75, 3.05) is 18.4 Å². The van der Waals surface area contributed by atoms with Crippen LogP contribution in [0.15, 0.2) is 10.6 Å². The second kappa shape index (κ2) is 6.70. The van der Waals surface area contributed by atoms with Crippen molar-refractivity contribution in [3.63, 3.8) is 0 Å². The van der Waals surface area contributed by atoms with Crippen LogP contribution >= 0.6 is 0 Å². The molecule has 5 heteroatoms. The molecule has 106 valence electrons. The second-order valence-corrected chi connectivity index (χ2v) is 5.21. The van der Waals surface area contributed by atoms with Crippen molar-refractivity contribution in [3.05, 3.63) is 11.8 Å². The number of hydrogen-bond acceptors (Lipinski definition) is 4. The van der Waals surface area contributed by atoms with Crippen molar-refractivity contribution in [2.24, 2.45) is 0 Å². The number of carbonyl (C=O) groups is 1. The molecule has 1 aromatic rings. The fourth-order valence-corrected chi connectivity index (χ4v) is 2.69. The lowest BCUT2D eigenvalue weighted by atomic mass is 10.00. The van der Waals surface area contributed by atoms with Gasteiger partial charge in [-0.25, -0.2) is 0 Å². The molecule has 0 spiro atoms. The van der Waals surface area contributed by atoms with E-state index in [1.807, 2.05) is 6.92 Å². The molecule has 0 aromatic carbocycles. The van der Waals surface area contributed by atoms with E-state index in [0.717, 1.165) is 13.1 Å². The van der Waals surface area contributed by atoms with Gasteiger partial charge in [0.1, 0.15) is 5.76 Å². The van der Waals surface area contributed by atoms with Crippen LogP contribution in [-0.4, -0.2) is 35.1 Å². The van der Waals surface area contributed by atoms with Crippen LogP contribution in [0.25, 0.3) is 0 Å². The average Bonchev–Trinajstić information content (AvgIpc) is 2.82. The molecule has 5 nitrogen and oxygen atoms in total. The highest BCUT2D eigenvalue weighted by Gasteiger charge is 2.21. The lowest BCUT2D eigenvalue weighted by molar-refractivity contribution is -0.116. The molecule has 1 saturated heterocycles. The molecule has 1 aliphatic rings. The second-order valence-electron chi connectivity index (χ2n) is 5.21. The summed E-state index contributed by atoms with van der Waals surface area (Å²) in [7, 11) is 0. The van der Waals surface area contributed by atoms with Gasteiger partial charge in [-0.2, -0.15) is 0 Å². The van der Waals surface area contributed by atoms with Gasteiger partial charge in [-0.15, -0.1) is 0 Å². The van der Waals surface area contributed by atoms with Gasteiger partial charge in [0, 0.05) is 25.1 Å². The fourth-order valence-electron chi connectivity index (χ4n) is 2.69. The average molecular weight is 265 g/mol. The Labute approximate surface area is 114 Å². The van der Waals surface area contributed by atoms with E-state index in [4.69, 9.17) is 4.52 Å². The molecule has 1 fully saturated rings. The first-order valence-electron chi connectivity index (χ1n) is 7.16. The van der Waals surface area contributed by atoms with Crippen LogP contribution < -0.4 is 5.32 Å². The molecule has 1 atom stereocenters. The molecule has 1 aromatic heterocycles. The van der Waals surface area contributed by atoms with Crippen LogP contribution in [0.3, 0.4) is 0 Å². The van der Waals surface area contributed by atoms with Gasteiger partial charge in [-0.1, -0.05) is 18.5 Å². The van der Waals surface area contributed by atoms with Gasteiger partial charge < -0.3 is 9.84 Å². The third-order valence-corrected chi connectivity index (χ3v) is 3.74. The standard InChI is InChI=1S/C14H23N3O2/c1-3-12-6-4-5-8-17(12)9-7-14(18)15-13-10-11(2)19-16-13/h10,12H,3-9H2,1-2H3,(H,15,16,18). The summed E-state index contributed by atoms with van der Waals surface area (Å²) in [5, 5.41) is 6.53. The molecule has 0 aliphatic carbocycles. The maximum Gasteiger partial charge on any atom is 0.226 e. The Balaban J connectivity index is 1.76. The molecule has 2 rings (SSSR count). The smallest absolute Gasteiger partial charge is 0.226 e. The first-order valence-corrected chi connectivity index (χ1v) is 7.16. The van der Waals surface area contributed by atoms with E-state index >= 15 is 0 Å². The van der Waals surface area contributed by atoms with Crippen molar-refractivity contribution in [1.82, 2.24) is 10.1 Å². The number of aromatic nitrogens is 1. The Morgan fingerprint density at radius 2 is 2.42 bits per heavy atom. The minimum atomic E-state index is 0.00808. The van der Waals surface area contributed by atoms with Crippen LogP contribution in [0.2, 0.25) is 0 Å². The van der Waals surface area contributed by atoms with Gasteiger partial charge in [-0.3, -0.25) is 9.69 Å². The Hall–Kier alpha value is -1.36. The summed E-state index contributed by atoms with van der Waals surface area (Å²) in [4.78, 5) is 14.3. The minimum Gasteiger partial charge on any atom is -0.360 e. The maximum atomic E-state index is 11.8. The van der Waals surface area contributed by atoms with Crippen molar-refractivity contribution in [1.29, 1.82) is 0 Å². The maximum absolute atomic E-state index is 11.8. The molecule has 0 saturated carbocycles. The van der Waals surface area contributed by atoms with Gasteiger partial charge >= 0.3 is 0 Å². The number of piperidine rings is 1. The number of amides is 1. The Bertz CT molecular complexity index is 417. The molecule has 0 radical (unpaired) electrons. The van der Waals surface area contributed by atoms with Crippen LogP contribution in [0.4, 0.5) is 5.82 Å². The monoisotopic (exact) mass is 265 g/mol. The number of rotatable bonds is 5. The first-order chi connectivity index (χ1) is 9.19. The molecular formula is C14H23N3O2. The quantitative estimate of drug-likeness (QED) is 0.889. The van der Waals surface area contributed by atoms with E-state index in [0.29, 0.717) is 24.0 Å². The first kappa shape index (κ1) is 14.1. The minimum absolute atomic E-state index is 0.00808. The lowest BCUT2D eigenvalue weighted by Gasteiger charge is -2.34. The number of anilines is 1. The molecule has 1 N–H and O–H groups in total. The third-order valence-electron chi connectivity index (χ3n) is 3.74. The number of hydrogen-bond donors (Lipinski definition) is 1. The number of nitrogens with one attached hydrogen (secondary N) is 1. The normalized spacial score (nSPS) is 20.4. The third kappa shape index (κ3) is 4.06. The van der Waals surface area contributed by atoms with Crippen molar-refractivity contribution in [3.8, 4) is 0 Å². The summed E-state index contributed by atoms with van der Waals surface area (Å²) in [5.41, 5.74) is 0. The lowest BCUT2D eigenvalue weighted by Crippen LogP contribution is -2.40. The van der Waals surface area contributed by atoms with Gasteiger partial charge in [-0.05, 0) is 32.7 Å². The van der Waals surface area contributed by atoms with E-state index in [-0.39, 0.29) is 5.91 Å². The fraction of sp³-hybridized carbons (Fsp3) is 0.714. The van der Waals surface area contributed by atoms with Crippen LogP contribution in [0, 0.1) is 6.92 Å². The molecular weight excluding hydrogens is 242 g/mol. The summed E-state index contributed by atoms with van der Waals surface area (Å²) in [6, 6.07) is 2.38. The van der Waals surface area contributed by atoms with Crippen LogP contribution in [-0.2, 0) is 4.79 Å². The van der Waals surface area contributed by atoms with Crippen LogP contribution in [0.1, 0.15) is 44.8 Å². The molecule has 1 unspecified atom stereocenters. The van der Waals surface area contributed by atoms with Gasteiger partial charge in [0.25, 0.3) is 0 Å². The van der Waals surface area contributed by atoms with Gasteiger partial charge in [0.2, 0.25) is 5.91 Å². The SMILES string of the molecule is CCC1CCCCN1CCC(=O)Nc1cc(C)on1. The molecule has 1 amide bonds. The Morgan fingerprint density at radius 3 is 3.11 bits per heavy atom. The van der Waals surface area contributed by atoms with E-state index < -0.39 is 0 Å². The molecule has 1 aliphatic heterocycles. The predicted octanol–water partition coefficient (Wildman–Crippen LogP) is 2.58. The van der Waals surface area contributed by atoms with E-state index in [1.54, 1.807) is 6.07 Å². The van der Waals surface area contributed by atoms with Gasteiger partial charge in [0.15, 0.2) is 5.82 Å². The summed E-state index contributed by atoms with van der Waals surface area (Å²) < 4.78 is 4.92. The summed E-state index contributed by atoms with van der Waals surface area (Å²) >= 11 is 0. The van der Waals surface area contributed by atoms with Crippen molar-refractivity contribution >= 4 is 11.7 Å². The van der Waals surface area contributed by atoms with Crippen LogP contribution in [0.5, 0.6) is 0 Å². The number of likely N-dealkylation sites (tertiary alicyclic amines) is 1. The summed E-state index contributed by atoms with van der Waals surface area (Å²) in [6.07, 6.45) is 5.52. The molecule has 2 heterocycles. The highest BCUT2D eigenvalue weighted by atomic mass is 16.5. The van der Waals surface area contributed by atoms with E-state index in [2.05, 4.69) is 22.3 Å². The van der Waals surface area contributed by atoms with Gasteiger partial charge in [0.05, 0.1) is 0 Å². The summed E-state index contributed by atoms with van der Waals surface area (Å²) in [5.74, 6) is 1.22. The molecule has 19 heavy (non-hydrogen) atoms. The number of nitrogens with zero attached hydrogens (tertiary/aromatic N) is 2. The van der Waals surface area contributed by atoms with E-state index in [1.165, 1.54) is 25.7 Å². The highest BCUT2D eigenvalue weighted by Crippen LogP contribution is 2.19. The summed E-state index contributed by atoms with van der Waals surface area (Å²) in [6.45, 7) is 5.99. The zero-order valence-electron chi connectivity index (χ0n) is 11.8. The molecule has 0 bridgehead atoms. The zero-order valence-corrected chi connectivity index (χ0v) is 11.8. The Kier molecular flexibility index (Phi) is 4.96. The predicted molar refractivity (Wildman–Crippen MR) is 74.0 cm³/mol. The Morgan fingerprint density at radius 1 is 1.58 bits per heavy atom. The number of carbonyl (C=O) groups excluding carboxylic acids is 1. The van der Waals surface area contributed by atoms with Crippen molar-refractivity contribution in [2.45, 2.75) is 52.0 Å². The van der Waals surface area contributed by atoms with E-state index in [9.17, 15) is 4.79 Å². The highest BCUT2D eigenvalue weighted by molar-refractivity contribution is 5.89. The number of aryl methyl sites for hydroxylation is 1. The van der Waals surface area contributed by atoms with Crippen molar-refractivity contribution < 1.29 is 9.32 Å². The zero-order chi connectivity index (χ0) is 13.7. The topological polar surface area (TPSA) is 58.4 Å².